The molecule has 6 heteroatoms. The zero-order valence-corrected chi connectivity index (χ0v) is 13.1. The number of hydrogen-bond donors (Lipinski definition) is 2. The number of sulfone groups is 1. The number of carbonyl (C=O) groups is 1. The van der Waals surface area contributed by atoms with Crippen molar-refractivity contribution in [3.63, 3.8) is 0 Å². The van der Waals surface area contributed by atoms with Gasteiger partial charge < -0.3 is 11.1 Å². The van der Waals surface area contributed by atoms with E-state index in [9.17, 15) is 13.2 Å². The second kappa shape index (κ2) is 6.15. The van der Waals surface area contributed by atoms with E-state index >= 15 is 0 Å². The summed E-state index contributed by atoms with van der Waals surface area (Å²) in [6, 6.07) is 6.11. The fourth-order valence-electron chi connectivity index (χ4n) is 2.79. The lowest BCUT2D eigenvalue weighted by Crippen LogP contribution is -2.54. The zero-order valence-electron chi connectivity index (χ0n) is 12.3. The monoisotopic (exact) mass is 310 g/mol. The van der Waals surface area contributed by atoms with Crippen LogP contribution in [0.4, 0.5) is 0 Å². The van der Waals surface area contributed by atoms with Crippen molar-refractivity contribution in [2.45, 2.75) is 42.5 Å². The molecule has 0 radical (unpaired) electrons. The predicted molar refractivity (Wildman–Crippen MR) is 81.9 cm³/mol. The minimum absolute atomic E-state index is 0.153. The van der Waals surface area contributed by atoms with E-state index in [-0.39, 0.29) is 16.3 Å². The first-order valence-corrected chi connectivity index (χ1v) is 9.08. The van der Waals surface area contributed by atoms with Crippen LogP contribution in [0.25, 0.3) is 0 Å². The largest absolute Gasteiger partial charge is 0.345 e. The standard InChI is InChI=1S/C15H22N2O3S/c1-21(19,20)13-7-5-6-12(10-13)14(18)17-15(11-16)8-3-2-4-9-15/h5-7,10H,2-4,8-9,11,16H2,1H3,(H,17,18). The lowest BCUT2D eigenvalue weighted by atomic mass is 9.81. The summed E-state index contributed by atoms with van der Waals surface area (Å²) in [6.45, 7) is 0.407. The van der Waals surface area contributed by atoms with Gasteiger partial charge in [-0.25, -0.2) is 8.42 Å². The van der Waals surface area contributed by atoms with Crippen molar-refractivity contribution in [3.05, 3.63) is 29.8 Å². The molecule has 1 aromatic carbocycles. The molecule has 1 fully saturated rings. The molecule has 1 aliphatic rings. The van der Waals surface area contributed by atoms with E-state index in [4.69, 9.17) is 5.73 Å². The van der Waals surface area contributed by atoms with Crippen molar-refractivity contribution < 1.29 is 13.2 Å². The van der Waals surface area contributed by atoms with Gasteiger partial charge >= 0.3 is 0 Å². The lowest BCUT2D eigenvalue weighted by molar-refractivity contribution is 0.0874. The molecule has 0 heterocycles. The van der Waals surface area contributed by atoms with Gasteiger partial charge in [-0.05, 0) is 31.0 Å². The van der Waals surface area contributed by atoms with Gasteiger partial charge in [0.2, 0.25) is 0 Å². The van der Waals surface area contributed by atoms with E-state index in [1.807, 2.05) is 0 Å². The molecule has 0 aliphatic heterocycles. The fraction of sp³-hybridized carbons (Fsp3) is 0.533. The van der Waals surface area contributed by atoms with E-state index in [0.29, 0.717) is 12.1 Å². The Morgan fingerprint density at radius 1 is 1.29 bits per heavy atom. The van der Waals surface area contributed by atoms with Crippen LogP contribution >= 0.6 is 0 Å². The van der Waals surface area contributed by atoms with Crippen LogP contribution in [0.5, 0.6) is 0 Å². The highest BCUT2D eigenvalue weighted by Gasteiger charge is 2.32. The van der Waals surface area contributed by atoms with Crippen molar-refractivity contribution in [1.82, 2.24) is 5.32 Å². The van der Waals surface area contributed by atoms with Gasteiger partial charge in [0.1, 0.15) is 0 Å². The molecule has 1 amide bonds. The molecule has 5 nitrogen and oxygen atoms in total. The number of carbonyl (C=O) groups excluding carboxylic acids is 1. The Morgan fingerprint density at radius 3 is 2.52 bits per heavy atom. The molecular formula is C15H22N2O3S. The highest BCUT2D eigenvalue weighted by molar-refractivity contribution is 7.90. The third kappa shape index (κ3) is 3.83. The normalized spacial score (nSPS) is 18.2. The third-order valence-corrected chi connectivity index (χ3v) is 5.21. The van der Waals surface area contributed by atoms with Crippen molar-refractivity contribution in [3.8, 4) is 0 Å². The SMILES string of the molecule is CS(=O)(=O)c1cccc(C(=O)NC2(CN)CCCCC2)c1. The molecule has 0 atom stereocenters. The summed E-state index contributed by atoms with van der Waals surface area (Å²) < 4.78 is 23.1. The number of amides is 1. The number of hydrogen-bond acceptors (Lipinski definition) is 4. The molecule has 0 bridgehead atoms. The Morgan fingerprint density at radius 2 is 1.95 bits per heavy atom. The van der Waals surface area contributed by atoms with Gasteiger partial charge in [-0.3, -0.25) is 4.79 Å². The quantitative estimate of drug-likeness (QED) is 0.881. The Kier molecular flexibility index (Phi) is 4.68. The van der Waals surface area contributed by atoms with Crippen molar-refractivity contribution in [2.75, 3.05) is 12.8 Å². The van der Waals surface area contributed by atoms with Crippen LogP contribution in [0.15, 0.2) is 29.2 Å². The first-order chi connectivity index (χ1) is 9.86. The molecule has 3 N–H and O–H groups in total. The number of nitrogens with two attached hydrogens (primary N) is 1. The summed E-state index contributed by atoms with van der Waals surface area (Å²) in [4.78, 5) is 12.5. The molecule has 1 aliphatic carbocycles. The van der Waals surface area contributed by atoms with Crippen LogP contribution in [0.2, 0.25) is 0 Å². The molecule has 116 valence electrons. The average Bonchev–Trinajstić information content (AvgIpc) is 2.47. The van der Waals surface area contributed by atoms with E-state index < -0.39 is 9.84 Å². The van der Waals surface area contributed by atoms with Gasteiger partial charge in [0.05, 0.1) is 10.4 Å². The molecular weight excluding hydrogens is 288 g/mol. The van der Waals surface area contributed by atoms with Gasteiger partial charge in [-0.1, -0.05) is 25.3 Å². The Hall–Kier alpha value is -1.40. The third-order valence-electron chi connectivity index (χ3n) is 4.10. The van der Waals surface area contributed by atoms with E-state index in [0.717, 1.165) is 31.9 Å². The molecule has 0 spiro atoms. The average molecular weight is 310 g/mol. The highest BCUT2D eigenvalue weighted by atomic mass is 32.2. The predicted octanol–water partition coefficient (Wildman–Crippen LogP) is 1.48. The fourth-order valence-corrected chi connectivity index (χ4v) is 3.46. The second-order valence-corrected chi connectivity index (χ2v) is 7.81. The maximum atomic E-state index is 12.4. The van der Waals surface area contributed by atoms with E-state index in [1.54, 1.807) is 12.1 Å². The van der Waals surface area contributed by atoms with Gasteiger partial charge in [-0.2, -0.15) is 0 Å². The molecule has 0 saturated heterocycles. The summed E-state index contributed by atoms with van der Waals surface area (Å²) in [5, 5.41) is 3.02. The van der Waals surface area contributed by atoms with Gasteiger partial charge in [0, 0.05) is 18.4 Å². The van der Waals surface area contributed by atoms with Gasteiger partial charge in [0.15, 0.2) is 9.84 Å². The molecule has 2 rings (SSSR count). The lowest BCUT2D eigenvalue weighted by Gasteiger charge is -2.37. The minimum Gasteiger partial charge on any atom is -0.345 e. The summed E-state index contributed by atoms with van der Waals surface area (Å²) in [7, 11) is -3.32. The van der Waals surface area contributed by atoms with Crippen molar-refractivity contribution in [1.29, 1.82) is 0 Å². The highest BCUT2D eigenvalue weighted by Crippen LogP contribution is 2.27. The first-order valence-electron chi connectivity index (χ1n) is 7.19. The summed E-state index contributed by atoms with van der Waals surface area (Å²) in [5.41, 5.74) is 5.86. The zero-order chi connectivity index (χ0) is 15.5. The van der Waals surface area contributed by atoms with Crippen LogP contribution in [0.3, 0.4) is 0 Å². The van der Waals surface area contributed by atoms with Crippen LogP contribution in [0.1, 0.15) is 42.5 Å². The maximum absolute atomic E-state index is 12.4. The molecule has 1 saturated carbocycles. The number of benzene rings is 1. The van der Waals surface area contributed by atoms with Gasteiger partial charge in [-0.15, -0.1) is 0 Å². The van der Waals surface area contributed by atoms with E-state index in [1.165, 1.54) is 18.6 Å². The Labute approximate surface area is 125 Å². The number of rotatable bonds is 4. The maximum Gasteiger partial charge on any atom is 0.251 e. The summed E-state index contributed by atoms with van der Waals surface area (Å²) in [6.07, 6.45) is 6.16. The minimum atomic E-state index is -3.32. The van der Waals surface area contributed by atoms with Gasteiger partial charge in [0.25, 0.3) is 5.91 Å². The first kappa shape index (κ1) is 16.0. The van der Waals surface area contributed by atoms with Crippen molar-refractivity contribution >= 4 is 15.7 Å². The molecule has 1 aromatic rings. The van der Waals surface area contributed by atoms with Crippen LogP contribution in [-0.4, -0.2) is 32.7 Å². The van der Waals surface area contributed by atoms with E-state index in [2.05, 4.69) is 5.32 Å². The molecule has 0 unspecified atom stereocenters. The molecule has 0 aromatic heterocycles. The summed E-state index contributed by atoms with van der Waals surface area (Å²) >= 11 is 0. The topological polar surface area (TPSA) is 89.3 Å². The van der Waals surface area contributed by atoms with Crippen LogP contribution in [0, 0.1) is 0 Å². The van der Waals surface area contributed by atoms with Crippen LogP contribution < -0.4 is 11.1 Å². The smallest absolute Gasteiger partial charge is 0.251 e. The summed E-state index contributed by atoms with van der Waals surface area (Å²) in [5.74, 6) is -0.257. The Bertz CT molecular complexity index is 620. The van der Waals surface area contributed by atoms with Crippen molar-refractivity contribution in [2.24, 2.45) is 5.73 Å². The second-order valence-electron chi connectivity index (χ2n) is 5.80. The van der Waals surface area contributed by atoms with Crippen LogP contribution in [-0.2, 0) is 9.84 Å². The molecule has 21 heavy (non-hydrogen) atoms. The number of nitrogens with one attached hydrogen (secondary N) is 1. The Balaban J connectivity index is 2.20.